The molecule has 0 amide bonds. The summed E-state index contributed by atoms with van der Waals surface area (Å²) in [6.45, 7) is 6.84. The molecule has 1 aromatic heterocycles. The largest absolute Gasteiger partial charge is 0.468 e. The molecule has 5 nitrogen and oxygen atoms in total. The number of carbonyl (C=O) groups is 1. The van der Waals surface area contributed by atoms with Gasteiger partial charge in [-0.15, -0.1) is 0 Å². The highest BCUT2D eigenvalue weighted by atomic mass is 16.5. The lowest BCUT2D eigenvalue weighted by Crippen LogP contribution is -2.30. The molecule has 0 aliphatic rings. The smallest absolute Gasteiger partial charge is 0.319 e. The minimum atomic E-state index is -0.204. The van der Waals surface area contributed by atoms with Crippen molar-refractivity contribution in [2.75, 3.05) is 20.2 Å². The van der Waals surface area contributed by atoms with Crippen LogP contribution in [0.25, 0.3) is 0 Å². The van der Waals surface area contributed by atoms with Crippen LogP contribution in [0.2, 0.25) is 0 Å². The fraction of sp³-hybridized carbons (Fsp3) is 0.636. The van der Waals surface area contributed by atoms with Gasteiger partial charge < -0.3 is 9.30 Å². The fourth-order valence-electron chi connectivity index (χ4n) is 1.52. The number of rotatable bonds is 6. The van der Waals surface area contributed by atoms with Crippen LogP contribution in [-0.2, 0) is 22.6 Å². The highest BCUT2D eigenvalue weighted by molar-refractivity contribution is 5.71. The Morgan fingerprint density at radius 1 is 1.56 bits per heavy atom. The van der Waals surface area contributed by atoms with Crippen molar-refractivity contribution in [3.05, 3.63) is 18.2 Å². The standard InChI is InChI=1S/C11H19N3O2/c1-4-13(8-11(15)16-3)7-10-6-12-9-14(10)5-2/h6,9H,4-5,7-8H2,1-3H3. The molecule has 0 saturated heterocycles. The molecular weight excluding hydrogens is 206 g/mol. The van der Waals surface area contributed by atoms with E-state index in [1.54, 1.807) is 6.33 Å². The number of esters is 1. The molecule has 1 aromatic rings. The summed E-state index contributed by atoms with van der Waals surface area (Å²) >= 11 is 0. The number of ether oxygens (including phenoxy) is 1. The van der Waals surface area contributed by atoms with Crippen molar-refractivity contribution in [2.24, 2.45) is 0 Å². The lowest BCUT2D eigenvalue weighted by Gasteiger charge is -2.19. The highest BCUT2D eigenvalue weighted by Crippen LogP contribution is 2.04. The van der Waals surface area contributed by atoms with Gasteiger partial charge in [0.2, 0.25) is 0 Å². The molecule has 5 heteroatoms. The Morgan fingerprint density at radius 2 is 2.31 bits per heavy atom. The number of methoxy groups -OCH3 is 1. The van der Waals surface area contributed by atoms with Gasteiger partial charge in [0.1, 0.15) is 0 Å². The lowest BCUT2D eigenvalue weighted by atomic mass is 10.4. The zero-order chi connectivity index (χ0) is 12.0. The molecule has 90 valence electrons. The van der Waals surface area contributed by atoms with E-state index in [-0.39, 0.29) is 5.97 Å². The van der Waals surface area contributed by atoms with Gasteiger partial charge >= 0.3 is 5.97 Å². The summed E-state index contributed by atoms with van der Waals surface area (Å²) in [5.41, 5.74) is 1.12. The third kappa shape index (κ3) is 3.34. The first-order chi connectivity index (χ1) is 7.71. The number of hydrogen-bond acceptors (Lipinski definition) is 4. The molecule has 0 aromatic carbocycles. The van der Waals surface area contributed by atoms with Crippen molar-refractivity contribution in [3.8, 4) is 0 Å². The molecule has 0 bridgehead atoms. The van der Waals surface area contributed by atoms with Crippen molar-refractivity contribution in [3.63, 3.8) is 0 Å². The average Bonchev–Trinajstić information content (AvgIpc) is 2.75. The molecule has 1 heterocycles. The topological polar surface area (TPSA) is 47.4 Å². The Morgan fingerprint density at radius 3 is 2.88 bits per heavy atom. The molecule has 0 unspecified atom stereocenters. The Labute approximate surface area is 96.0 Å². The van der Waals surface area contributed by atoms with Gasteiger partial charge in [0.15, 0.2) is 0 Å². The number of likely N-dealkylation sites (N-methyl/N-ethyl adjacent to an activating group) is 1. The van der Waals surface area contributed by atoms with Crippen LogP contribution in [0.1, 0.15) is 19.5 Å². The molecule has 1 rings (SSSR count). The highest BCUT2D eigenvalue weighted by Gasteiger charge is 2.11. The summed E-state index contributed by atoms with van der Waals surface area (Å²) in [5.74, 6) is -0.204. The second-order valence-electron chi connectivity index (χ2n) is 3.55. The average molecular weight is 225 g/mol. The van der Waals surface area contributed by atoms with Gasteiger partial charge in [-0.05, 0) is 13.5 Å². The molecular formula is C11H19N3O2. The van der Waals surface area contributed by atoms with Crippen LogP contribution >= 0.6 is 0 Å². The maximum absolute atomic E-state index is 11.2. The summed E-state index contributed by atoms with van der Waals surface area (Å²) in [4.78, 5) is 17.3. The maximum atomic E-state index is 11.2. The van der Waals surface area contributed by atoms with Gasteiger partial charge in [-0.1, -0.05) is 6.92 Å². The van der Waals surface area contributed by atoms with Gasteiger partial charge in [0.25, 0.3) is 0 Å². The Hall–Kier alpha value is -1.36. The van der Waals surface area contributed by atoms with E-state index < -0.39 is 0 Å². The number of aromatic nitrogens is 2. The normalized spacial score (nSPS) is 10.8. The summed E-state index contributed by atoms with van der Waals surface area (Å²) in [7, 11) is 1.41. The third-order valence-corrected chi connectivity index (χ3v) is 2.55. The van der Waals surface area contributed by atoms with E-state index >= 15 is 0 Å². The maximum Gasteiger partial charge on any atom is 0.319 e. The van der Waals surface area contributed by atoms with Gasteiger partial charge in [-0.3, -0.25) is 9.69 Å². The van der Waals surface area contributed by atoms with E-state index in [0.717, 1.165) is 25.3 Å². The van der Waals surface area contributed by atoms with Crippen LogP contribution in [0.15, 0.2) is 12.5 Å². The first-order valence-corrected chi connectivity index (χ1v) is 5.49. The van der Waals surface area contributed by atoms with Crippen molar-refractivity contribution in [1.82, 2.24) is 14.5 Å². The Balaban J connectivity index is 2.59. The molecule has 0 aliphatic heterocycles. The van der Waals surface area contributed by atoms with Crippen molar-refractivity contribution >= 4 is 5.97 Å². The summed E-state index contributed by atoms with van der Waals surface area (Å²) in [6.07, 6.45) is 3.64. The van der Waals surface area contributed by atoms with E-state index in [1.165, 1.54) is 7.11 Å². The van der Waals surface area contributed by atoms with E-state index in [9.17, 15) is 4.79 Å². The van der Waals surface area contributed by atoms with Crippen LogP contribution < -0.4 is 0 Å². The van der Waals surface area contributed by atoms with Crippen LogP contribution in [0.3, 0.4) is 0 Å². The monoisotopic (exact) mass is 225 g/mol. The predicted molar refractivity (Wildman–Crippen MR) is 60.9 cm³/mol. The molecule has 0 fully saturated rings. The van der Waals surface area contributed by atoms with Gasteiger partial charge in [0, 0.05) is 19.3 Å². The summed E-state index contributed by atoms with van der Waals surface area (Å²) < 4.78 is 6.72. The van der Waals surface area contributed by atoms with Gasteiger partial charge in [-0.25, -0.2) is 4.98 Å². The molecule has 0 spiro atoms. The van der Waals surface area contributed by atoms with E-state index in [2.05, 4.69) is 21.2 Å². The number of imidazole rings is 1. The summed E-state index contributed by atoms with van der Waals surface area (Å²) in [5, 5.41) is 0. The first kappa shape index (κ1) is 12.7. The lowest BCUT2D eigenvalue weighted by molar-refractivity contribution is -0.142. The molecule has 0 saturated carbocycles. The second-order valence-corrected chi connectivity index (χ2v) is 3.55. The second kappa shape index (κ2) is 6.27. The minimum Gasteiger partial charge on any atom is -0.468 e. The van der Waals surface area contributed by atoms with Gasteiger partial charge in [-0.2, -0.15) is 0 Å². The summed E-state index contributed by atoms with van der Waals surface area (Å²) in [6, 6.07) is 0. The fourth-order valence-corrected chi connectivity index (χ4v) is 1.52. The number of hydrogen-bond donors (Lipinski definition) is 0. The van der Waals surface area contributed by atoms with Crippen LogP contribution in [-0.4, -0.2) is 40.6 Å². The number of nitrogens with zero attached hydrogens (tertiary/aromatic N) is 3. The van der Waals surface area contributed by atoms with E-state index in [4.69, 9.17) is 0 Å². The predicted octanol–water partition coefficient (Wildman–Crippen LogP) is 0.898. The van der Waals surface area contributed by atoms with Crippen molar-refractivity contribution in [2.45, 2.75) is 26.9 Å². The molecule has 0 N–H and O–H groups in total. The van der Waals surface area contributed by atoms with Crippen LogP contribution in [0, 0.1) is 0 Å². The third-order valence-electron chi connectivity index (χ3n) is 2.55. The minimum absolute atomic E-state index is 0.204. The Kier molecular flexibility index (Phi) is 4.98. The molecule has 16 heavy (non-hydrogen) atoms. The molecule has 0 aliphatic carbocycles. The van der Waals surface area contributed by atoms with Gasteiger partial charge in [0.05, 0.1) is 25.7 Å². The quantitative estimate of drug-likeness (QED) is 0.675. The first-order valence-electron chi connectivity index (χ1n) is 5.49. The van der Waals surface area contributed by atoms with Crippen molar-refractivity contribution < 1.29 is 9.53 Å². The molecule has 0 radical (unpaired) electrons. The zero-order valence-electron chi connectivity index (χ0n) is 10.1. The van der Waals surface area contributed by atoms with Crippen molar-refractivity contribution in [1.29, 1.82) is 0 Å². The number of aryl methyl sites for hydroxylation is 1. The SMILES string of the molecule is CCN(CC(=O)OC)Cc1cncn1CC. The molecule has 0 atom stereocenters. The number of carbonyl (C=O) groups excluding carboxylic acids is 1. The van der Waals surface area contributed by atoms with Crippen LogP contribution in [0.4, 0.5) is 0 Å². The zero-order valence-corrected chi connectivity index (χ0v) is 10.1. The van der Waals surface area contributed by atoms with E-state index in [1.807, 2.05) is 18.0 Å². The van der Waals surface area contributed by atoms with Crippen LogP contribution in [0.5, 0.6) is 0 Å². The Bertz CT molecular complexity index is 336. The van der Waals surface area contributed by atoms with E-state index in [0.29, 0.717) is 6.54 Å².